The third kappa shape index (κ3) is 6.54. The summed E-state index contributed by atoms with van der Waals surface area (Å²) in [5.41, 5.74) is 1.65. The van der Waals surface area contributed by atoms with E-state index in [9.17, 15) is 14.7 Å². The lowest BCUT2D eigenvalue weighted by molar-refractivity contribution is -0.136. The molecule has 0 bridgehead atoms. The highest BCUT2D eigenvalue weighted by Crippen LogP contribution is 2.58. The summed E-state index contributed by atoms with van der Waals surface area (Å²) >= 11 is 6.77. The van der Waals surface area contributed by atoms with Crippen molar-refractivity contribution in [2.75, 3.05) is 20.3 Å². The maximum absolute atomic E-state index is 12.8. The van der Waals surface area contributed by atoms with Crippen molar-refractivity contribution in [3.05, 3.63) is 46.5 Å². The first-order valence-corrected chi connectivity index (χ1v) is 12.4. The van der Waals surface area contributed by atoms with Crippen molar-refractivity contribution < 1.29 is 19.4 Å². The van der Waals surface area contributed by atoms with Crippen molar-refractivity contribution in [1.82, 2.24) is 10.6 Å². The van der Waals surface area contributed by atoms with E-state index >= 15 is 0 Å². The topological polar surface area (TPSA) is 87.7 Å². The van der Waals surface area contributed by atoms with Gasteiger partial charge in [-0.25, -0.2) is 9.59 Å². The van der Waals surface area contributed by atoms with Gasteiger partial charge in [0, 0.05) is 29.7 Å². The van der Waals surface area contributed by atoms with E-state index in [2.05, 4.69) is 48.8 Å². The smallest absolute Gasteiger partial charge is 0.333 e. The number of esters is 1. The molecule has 0 aliphatic heterocycles. The second-order valence-corrected chi connectivity index (χ2v) is 11.4. The van der Waals surface area contributed by atoms with Crippen LogP contribution in [0, 0.1) is 23.2 Å². The molecule has 6 nitrogen and oxygen atoms in total. The third-order valence-corrected chi connectivity index (χ3v) is 7.53. The van der Waals surface area contributed by atoms with Crippen molar-refractivity contribution in [3.63, 3.8) is 0 Å². The number of urea groups is 1. The summed E-state index contributed by atoms with van der Waals surface area (Å²) in [4.78, 5) is 24.3. The molecule has 1 fully saturated rings. The number of hydrogen-bond donors (Lipinski definition) is 3. The summed E-state index contributed by atoms with van der Waals surface area (Å²) in [5.74, 6) is 0.416. The number of rotatable bonds is 10. The molecule has 0 saturated heterocycles. The lowest BCUT2D eigenvalue weighted by atomic mass is 9.74. The van der Waals surface area contributed by atoms with Gasteiger partial charge in [-0.2, -0.15) is 0 Å². The molecular weight excluding hydrogens is 452 g/mol. The second kappa shape index (κ2) is 11.1. The van der Waals surface area contributed by atoms with Gasteiger partial charge in [-0.3, -0.25) is 0 Å². The van der Waals surface area contributed by atoms with Crippen LogP contribution in [0.15, 0.2) is 30.4 Å². The maximum atomic E-state index is 12.8. The zero-order valence-corrected chi connectivity index (χ0v) is 22.4. The molecule has 7 heteroatoms. The number of aliphatic hydroxyl groups excluding tert-OH is 1. The SMILES string of the molecule is C=C(CCNC(=O)N[C@@](C)(c1ccc([C@@H]2CC2C(C)(C)C)c(Cl)c1)C(CO)C(C)C)C(=O)OC. The normalized spacial score (nSPS) is 20.3. The van der Waals surface area contributed by atoms with Gasteiger partial charge in [0.25, 0.3) is 0 Å². The molecule has 0 aromatic heterocycles. The Labute approximate surface area is 209 Å². The molecule has 0 spiro atoms. The molecular formula is C27H41ClN2O4. The zero-order chi connectivity index (χ0) is 25.8. The van der Waals surface area contributed by atoms with Gasteiger partial charge in [-0.15, -0.1) is 0 Å². The van der Waals surface area contributed by atoms with E-state index in [-0.39, 0.29) is 42.4 Å². The number of aliphatic hydroxyl groups is 1. The first kappa shape index (κ1) is 28.2. The quantitative estimate of drug-likeness (QED) is 0.302. The molecule has 0 radical (unpaired) electrons. The highest BCUT2D eigenvalue weighted by molar-refractivity contribution is 6.31. The molecule has 0 heterocycles. The fourth-order valence-electron chi connectivity index (χ4n) is 4.94. The van der Waals surface area contributed by atoms with Crippen LogP contribution in [0.25, 0.3) is 0 Å². The minimum atomic E-state index is -0.860. The number of carbonyl (C=O) groups excluding carboxylic acids is 2. The highest BCUT2D eigenvalue weighted by atomic mass is 35.5. The predicted octanol–water partition coefficient (Wildman–Crippen LogP) is 5.39. The number of halogens is 1. The number of hydrogen-bond acceptors (Lipinski definition) is 4. The van der Waals surface area contributed by atoms with E-state index in [1.807, 2.05) is 32.9 Å². The monoisotopic (exact) mass is 492 g/mol. The lowest BCUT2D eigenvalue weighted by Crippen LogP contribution is -2.54. The summed E-state index contributed by atoms with van der Waals surface area (Å²) in [6, 6.07) is 5.62. The van der Waals surface area contributed by atoms with Crippen molar-refractivity contribution >= 4 is 23.6 Å². The van der Waals surface area contributed by atoms with Crippen LogP contribution in [0.4, 0.5) is 4.79 Å². The van der Waals surface area contributed by atoms with Crippen LogP contribution in [0.3, 0.4) is 0 Å². The van der Waals surface area contributed by atoms with E-state index in [1.165, 1.54) is 7.11 Å². The predicted molar refractivity (Wildman–Crippen MR) is 137 cm³/mol. The zero-order valence-electron chi connectivity index (χ0n) is 21.6. The van der Waals surface area contributed by atoms with E-state index in [0.717, 1.165) is 17.5 Å². The van der Waals surface area contributed by atoms with Crippen molar-refractivity contribution in [1.29, 1.82) is 0 Å². The highest BCUT2D eigenvalue weighted by Gasteiger charge is 2.47. The van der Waals surface area contributed by atoms with Crippen molar-refractivity contribution in [2.24, 2.45) is 23.2 Å². The van der Waals surface area contributed by atoms with Gasteiger partial charge in [-0.1, -0.05) is 64.9 Å². The van der Waals surface area contributed by atoms with E-state index in [0.29, 0.717) is 16.9 Å². The van der Waals surface area contributed by atoms with Gasteiger partial charge in [0.1, 0.15) is 0 Å². The van der Waals surface area contributed by atoms with Gasteiger partial charge in [0.05, 0.1) is 12.6 Å². The lowest BCUT2D eigenvalue weighted by Gasteiger charge is -2.40. The first-order valence-electron chi connectivity index (χ1n) is 12.0. The number of amides is 2. The van der Waals surface area contributed by atoms with E-state index in [4.69, 9.17) is 11.6 Å². The standard InChI is InChI=1S/C27H41ClN2O4/c1-16(2)22(15-31)27(7,30-25(33)29-12-11-17(3)24(32)34-8)18-9-10-19(23(28)13-18)20-14-21(20)26(4,5)6/h9-10,13,16,20-22,31H,3,11-12,14-15H2,1-2,4-8H3,(H2,29,30,33)/t20-,21?,22?,27-/m0/s1. The molecule has 1 aliphatic rings. The van der Waals surface area contributed by atoms with Crippen molar-refractivity contribution in [3.8, 4) is 0 Å². The Bertz CT molecular complexity index is 908. The Morgan fingerprint density at radius 3 is 2.38 bits per heavy atom. The average molecular weight is 493 g/mol. The molecule has 4 atom stereocenters. The van der Waals surface area contributed by atoms with Crippen LogP contribution in [-0.4, -0.2) is 37.4 Å². The summed E-state index contributed by atoms with van der Waals surface area (Å²) in [6.07, 6.45) is 1.41. The van der Waals surface area contributed by atoms with E-state index in [1.54, 1.807) is 0 Å². The van der Waals surface area contributed by atoms with Crippen LogP contribution in [0.1, 0.15) is 71.4 Å². The maximum Gasteiger partial charge on any atom is 0.333 e. The van der Waals surface area contributed by atoms with Gasteiger partial charge in [0.2, 0.25) is 0 Å². The van der Waals surface area contributed by atoms with Gasteiger partial charge < -0.3 is 20.5 Å². The molecule has 2 rings (SSSR count). The third-order valence-electron chi connectivity index (χ3n) is 7.21. The Morgan fingerprint density at radius 1 is 1.26 bits per heavy atom. The Balaban J connectivity index is 2.23. The second-order valence-electron chi connectivity index (χ2n) is 11.0. The minimum Gasteiger partial charge on any atom is -0.466 e. The van der Waals surface area contributed by atoms with Crippen LogP contribution >= 0.6 is 11.6 Å². The molecule has 1 saturated carbocycles. The summed E-state index contributed by atoms with van der Waals surface area (Å²) in [5, 5.41) is 16.8. The summed E-state index contributed by atoms with van der Waals surface area (Å²) in [7, 11) is 1.29. The van der Waals surface area contributed by atoms with Gasteiger partial charge in [0.15, 0.2) is 0 Å². The minimum absolute atomic E-state index is 0.0955. The van der Waals surface area contributed by atoms with Crippen LogP contribution in [0.5, 0.6) is 0 Å². The van der Waals surface area contributed by atoms with Gasteiger partial charge in [-0.05, 0) is 60.1 Å². The Morgan fingerprint density at radius 2 is 1.91 bits per heavy atom. The molecule has 34 heavy (non-hydrogen) atoms. The first-order chi connectivity index (χ1) is 15.8. The number of methoxy groups -OCH3 is 1. The average Bonchev–Trinajstić information content (AvgIpc) is 3.54. The number of benzene rings is 1. The van der Waals surface area contributed by atoms with Crippen LogP contribution in [-0.2, 0) is 15.1 Å². The fourth-order valence-corrected chi connectivity index (χ4v) is 5.26. The molecule has 1 aromatic rings. The summed E-state index contributed by atoms with van der Waals surface area (Å²) < 4.78 is 4.64. The Hall–Kier alpha value is -2.05. The largest absolute Gasteiger partial charge is 0.466 e. The van der Waals surface area contributed by atoms with Crippen molar-refractivity contribution in [2.45, 2.75) is 65.8 Å². The number of nitrogens with one attached hydrogen (secondary N) is 2. The number of ether oxygens (including phenoxy) is 1. The molecule has 3 N–H and O–H groups in total. The van der Waals surface area contributed by atoms with E-state index < -0.39 is 17.5 Å². The van der Waals surface area contributed by atoms with Crippen LogP contribution in [0.2, 0.25) is 5.02 Å². The number of carbonyl (C=O) groups is 2. The summed E-state index contributed by atoms with van der Waals surface area (Å²) in [6.45, 7) is 16.5. The van der Waals surface area contributed by atoms with Gasteiger partial charge >= 0.3 is 12.0 Å². The fraction of sp³-hybridized carbons (Fsp3) is 0.630. The molecule has 190 valence electrons. The van der Waals surface area contributed by atoms with Crippen LogP contribution < -0.4 is 10.6 Å². The molecule has 1 aromatic carbocycles. The molecule has 2 unspecified atom stereocenters. The molecule has 1 aliphatic carbocycles. The Kier molecular flexibility index (Phi) is 9.23. The molecule has 2 amide bonds.